The fourth-order valence-corrected chi connectivity index (χ4v) is 1.68. The van der Waals surface area contributed by atoms with Gasteiger partial charge in [0.2, 0.25) is 5.91 Å². The molecule has 0 saturated carbocycles. The van der Waals surface area contributed by atoms with Gasteiger partial charge in [-0.2, -0.15) is 0 Å². The van der Waals surface area contributed by atoms with Gasteiger partial charge < -0.3 is 10.5 Å². The van der Waals surface area contributed by atoms with Crippen molar-refractivity contribution in [1.29, 1.82) is 0 Å². The third-order valence-corrected chi connectivity index (χ3v) is 2.49. The number of nitrogens with two attached hydrogens (primary N) is 1. The standard InChI is InChI=1S/C11H13NO2/c1-7-2-3-8-6-9(11(12)13)4-5-10(8)14-7/h4-7H,2-3H2,1H3,(H2,12,13). The SMILES string of the molecule is CC1CCc2cc(C(N)=O)ccc2O1. The summed E-state index contributed by atoms with van der Waals surface area (Å²) >= 11 is 0. The molecular formula is C11H13NO2. The summed E-state index contributed by atoms with van der Waals surface area (Å²) in [6.07, 6.45) is 2.22. The highest BCUT2D eigenvalue weighted by Gasteiger charge is 2.16. The van der Waals surface area contributed by atoms with E-state index in [1.807, 2.05) is 19.1 Å². The molecule has 74 valence electrons. The van der Waals surface area contributed by atoms with Gasteiger partial charge in [-0.3, -0.25) is 4.79 Å². The zero-order valence-corrected chi connectivity index (χ0v) is 8.12. The van der Waals surface area contributed by atoms with Crippen molar-refractivity contribution in [2.45, 2.75) is 25.9 Å². The number of aryl methyl sites for hydroxylation is 1. The predicted octanol–water partition coefficient (Wildman–Crippen LogP) is 1.50. The van der Waals surface area contributed by atoms with Crippen LogP contribution in [-0.2, 0) is 6.42 Å². The Bertz CT molecular complexity index is 374. The summed E-state index contributed by atoms with van der Waals surface area (Å²) in [6, 6.07) is 5.36. The normalized spacial score (nSPS) is 19.6. The Morgan fingerprint density at radius 1 is 1.57 bits per heavy atom. The second-order valence-electron chi connectivity index (χ2n) is 3.65. The molecule has 0 radical (unpaired) electrons. The number of hydrogen-bond acceptors (Lipinski definition) is 2. The molecule has 1 amide bonds. The third-order valence-electron chi connectivity index (χ3n) is 2.49. The Balaban J connectivity index is 2.36. The number of carbonyl (C=O) groups excluding carboxylic acids is 1. The smallest absolute Gasteiger partial charge is 0.248 e. The molecule has 3 heteroatoms. The number of hydrogen-bond donors (Lipinski definition) is 1. The van der Waals surface area contributed by atoms with E-state index >= 15 is 0 Å². The van der Waals surface area contributed by atoms with Crippen LogP contribution >= 0.6 is 0 Å². The molecule has 2 rings (SSSR count). The number of primary amides is 1. The molecule has 1 aliphatic heterocycles. The summed E-state index contributed by atoms with van der Waals surface area (Å²) in [5.41, 5.74) is 6.83. The molecule has 0 bridgehead atoms. The molecule has 1 atom stereocenters. The zero-order valence-electron chi connectivity index (χ0n) is 8.12. The van der Waals surface area contributed by atoms with Gasteiger partial charge in [0.15, 0.2) is 0 Å². The number of rotatable bonds is 1. The Morgan fingerprint density at radius 3 is 3.07 bits per heavy atom. The Kier molecular flexibility index (Phi) is 2.15. The topological polar surface area (TPSA) is 52.3 Å². The molecule has 1 aromatic carbocycles. The van der Waals surface area contributed by atoms with E-state index in [2.05, 4.69) is 0 Å². The summed E-state index contributed by atoms with van der Waals surface area (Å²) in [6.45, 7) is 2.05. The number of benzene rings is 1. The maximum Gasteiger partial charge on any atom is 0.248 e. The fourth-order valence-electron chi connectivity index (χ4n) is 1.68. The lowest BCUT2D eigenvalue weighted by Gasteiger charge is -2.23. The van der Waals surface area contributed by atoms with Crippen LogP contribution in [0, 0.1) is 0 Å². The van der Waals surface area contributed by atoms with Crippen molar-refractivity contribution in [3.63, 3.8) is 0 Å². The largest absolute Gasteiger partial charge is 0.490 e. The highest BCUT2D eigenvalue weighted by Crippen LogP contribution is 2.28. The van der Waals surface area contributed by atoms with E-state index in [4.69, 9.17) is 10.5 Å². The van der Waals surface area contributed by atoms with E-state index in [-0.39, 0.29) is 12.0 Å². The molecule has 2 N–H and O–H groups in total. The van der Waals surface area contributed by atoms with Crippen LogP contribution in [0.25, 0.3) is 0 Å². The first-order valence-electron chi connectivity index (χ1n) is 4.76. The van der Waals surface area contributed by atoms with Gasteiger partial charge in [0, 0.05) is 5.56 Å². The van der Waals surface area contributed by atoms with Crippen LogP contribution in [0.1, 0.15) is 29.3 Å². The molecule has 0 spiro atoms. The second-order valence-corrected chi connectivity index (χ2v) is 3.65. The van der Waals surface area contributed by atoms with E-state index in [1.54, 1.807) is 6.07 Å². The van der Waals surface area contributed by atoms with Crippen LogP contribution in [0.2, 0.25) is 0 Å². The van der Waals surface area contributed by atoms with E-state index in [1.165, 1.54) is 0 Å². The third kappa shape index (κ3) is 1.58. The van der Waals surface area contributed by atoms with Crippen molar-refractivity contribution in [2.24, 2.45) is 5.73 Å². The van der Waals surface area contributed by atoms with Crippen molar-refractivity contribution in [1.82, 2.24) is 0 Å². The lowest BCUT2D eigenvalue weighted by molar-refractivity contribution is 0.1000. The Labute approximate surface area is 82.9 Å². The minimum atomic E-state index is -0.383. The summed E-state index contributed by atoms with van der Waals surface area (Å²) in [4.78, 5) is 10.9. The second kappa shape index (κ2) is 3.33. The average Bonchev–Trinajstić information content (AvgIpc) is 2.16. The molecule has 0 aromatic heterocycles. The van der Waals surface area contributed by atoms with Gasteiger partial charge in [0.1, 0.15) is 5.75 Å². The van der Waals surface area contributed by atoms with Crippen LogP contribution < -0.4 is 10.5 Å². The molecule has 1 heterocycles. The highest BCUT2D eigenvalue weighted by atomic mass is 16.5. The van der Waals surface area contributed by atoms with Gasteiger partial charge >= 0.3 is 0 Å². The minimum Gasteiger partial charge on any atom is -0.490 e. The number of fused-ring (bicyclic) bond motifs is 1. The number of ether oxygens (including phenoxy) is 1. The van der Waals surface area contributed by atoms with Crippen molar-refractivity contribution >= 4 is 5.91 Å². The molecule has 14 heavy (non-hydrogen) atoms. The van der Waals surface area contributed by atoms with E-state index < -0.39 is 0 Å². The zero-order chi connectivity index (χ0) is 10.1. The quantitative estimate of drug-likeness (QED) is 0.731. The Morgan fingerprint density at radius 2 is 2.36 bits per heavy atom. The first kappa shape index (κ1) is 9.06. The lowest BCUT2D eigenvalue weighted by Crippen LogP contribution is -2.20. The van der Waals surface area contributed by atoms with Crippen molar-refractivity contribution in [3.05, 3.63) is 29.3 Å². The van der Waals surface area contributed by atoms with Crippen LogP contribution in [0.4, 0.5) is 0 Å². The molecule has 0 aliphatic carbocycles. The van der Waals surface area contributed by atoms with Crippen LogP contribution in [0.3, 0.4) is 0 Å². The summed E-state index contributed by atoms with van der Waals surface area (Å²) in [5, 5.41) is 0. The summed E-state index contributed by atoms with van der Waals surface area (Å²) < 4.78 is 5.61. The number of amides is 1. The molecule has 1 aromatic rings. The van der Waals surface area contributed by atoms with Gasteiger partial charge in [-0.1, -0.05) is 0 Å². The monoisotopic (exact) mass is 191 g/mol. The fraction of sp³-hybridized carbons (Fsp3) is 0.364. The number of carbonyl (C=O) groups is 1. The van der Waals surface area contributed by atoms with E-state index in [0.29, 0.717) is 5.56 Å². The van der Waals surface area contributed by atoms with Crippen LogP contribution in [0.15, 0.2) is 18.2 Å². The van der Waals surface area contributed by atoms with Crippen molar-refractivity contribution in [2.75, 3.05) is 0 Å². The first-order valence-corrected chi connectivity index (χ1v) is 4.76. The van der Waals surface area contributed by atoms with Gasteiger partial charge in [0.25, 0.3) is 0 Å². The maximum absolute atomic E-state index is 10.9. The predicted molar refractivity (Wildman–Crippen MR) is 53.4 cm³/mol. The lowest BCUT2D eigenvalue weighted by atomic mass is 10.0. The summed E-state index contributed by atoms with van der Waals surface area (Å²) in [5.74, 6) is 0.500. The van der Waals surface area contributed by atoms with Gasteiger partial charge in [-0.05, 0) is 43.5 Å². The minimum absolute atomic E-state index is 0.266. The summed E-state index contributed by atoms with van der Waals surface area (Å²) in [7, 11) is 0. The molecule has 0 fully saturated rings. The van der Waals surface area contributed by atoms with Crippen molar-refractivity contribution in [3.8, 4) is 5.75 Å². The maximum atomic E-state index is 10.9. The van der Waals surface area contributed by atoms with Gasteiger partial charge in [0.05, 0.1) is 6.10 Å². The average molecular weight is 191 g/mol. The van der Waals surface area contributed by atoms with Crippen LogP contribution in [0.5, 0.6) is 5.75 Å². The van der Waals surface area contributed by atoms with Gasteiger partial charge in [-0.25, -0.2) is 0 Å². The Hall–Kier alpha value is -1.51. The molecule has 0 saturated heterocycles. The molecule has 1 unspecified atom stereocenters. The molecule has 1 aliphatic rings. The first-order chi connectivity index (χ1) is 6.66. The van der Waals surface area contributed by atoms with Gasteiger partial charge in [-0.15, -0.1) is 0 Å². The van der Waals surface area contributed by atoms with Crippen LogP contribution in [-0.4, -0.2) is 12.0 Å². The highest BCUT2D eigenvalue weighted by molar-refractivity contribution is 5.93. The van der Waals surface area contributed by atoms with E-state index in [9.17, 15) is 4.79 Å². The van der Waals surface area contributed by atoms with E-state index in [0.717, 1.165) is 24.2 Å². The molecular weight excluding hydrogens is 178 g/mol. The molecule has 3 nitrogen and oxygen atoms in total. The van der Waals surface area contributed by atoms with Crippen molar-refractivity contribution < 1.29 is 9.53 Å².